The predicted molar refractivity (Wildman–Crippen MR) is 131 cm³/mol. The monoisotopic (exact) mass is 432 g/mol. The molecule has 1 unspecified atom stereocenters. The number of fused-ring (bicyclic) bond motifs is 2. The van der Waals surface area contributed by atoms with Gasteiger partial charge in [-0.05, 0) is 61.3 Å². The first-order valence-electron chi connectivity index (χ1n) is 11.3. The average molecular weight is 433 g/mol. The van der Waals surface area contributed by atoms with Crippen molar-refractivity contribution in [2.24, 2.45) is 13.0 Å². The maximum absolute atomic E-state index is 9.27. The maximum atomic E-state index is 9.27. The molecule has 0 aliphatic carbocycles. The number of nitrogens with zero attached hydrogens (tertiary/aromatic N) is 5. The number of hydrogen-bond donors (Lipinski definition) is 1. The van der Waals surface area contributed by atoms with Crippen LogP contribution in [-0.4, -0.2) is 32.4 Å². The van der Waals surface area contributed by atoms with Gasteiger partial charge in [-0.3, -0.25) is 9.67 Å². The molecular weight excluding hydrogens is 408 g/mol. The van der Waals surface area contributed by atoms with Gasteiger partial charge in [-0.1, -0.05) is 18.2 Å². The molecule has 6 heteroatoms. The van der Waals surface area contributed by atoms with E-state index >= 15 is 0 Å². The zero-order valence-electron chi connectivity index (χ0n) is 18.5. The molecule has 1 saturated heterocycles. The fraction of sp³-hybridized carbons (Fsp3) is 0.222. The molecule has 6 nitrogen and oxygen atoms in total. The van der Waals surface area contributed by atoms with Crippen LogP contribution in [0.15, 0.2) is 67.1 Å². The van der Waals surface area contributed by atoms with Gasteiger partial charge in [0.15, 0.2) is 0 Å². The quantitative estimate of drug-likeness (QED) is 0.445. The molecule has 1 fully saturated rings. The topological polar surface area (TPSA) is 71.5 Å². The molecule has 0 spiro atoms. The maximum Gasteiger partial charge on any atom is 0.0991 e. The molecule has 0 bridgehead atoms. The van der Waals surface area contributed by atoms with Crippen molar-refractivity contribution < 1.29 is 0 Å². The Bertz CT molecular complexity index is 1510. The molecule has 1 N–H and O–H groups in total. The van der Waals surface area contributed by atoms with Crippen LogP contribution < -0.4 is 5.32 Å². The summed E-state index contributed by atoms with van der Waals surface area (Å²) in [6, 6.07) is 18.5. The highest BCUT2D eigenvalue weighted by atomic mass is 15.2. The van der Waals surface area contributed by atoms with Crippen molar-refractivity contribution in [1.29, 1.82) is 5.26 Å². The highest BCUT2D eigenvalue weighted by Crippen LogP contribution is 2.38. The van der Waals surface area contributed by atoms with Gasteiger partial charge in [0.2, 0.25) is 0 Å². The van der Waals surface area contributed by atoms with Crippen molar-refractivity contribution in [2.75, 3.05) is 13.1 Å². The standard InChI is InChI=1S/C27H24N6/c1-32-17-22-12-21(6-7-24(22)31-32)27-26(20-4-2-18(13-28)3-5-20)23-9-11-33(25(23)15-30-27)16-19-8-10-29-14-19/h2-7,9,11-12,15,17,19,29H,8,10,14,16H2,1H3. The van der Waals surface area contributed by atoms with Gasteiger partial charge in [0, 0.05) is 47.9 Å². The second kappa shape index (κ2) is 7.88. The van der Waals surface area contributed by atoms with Gasteiger partial charge in [-0.2, -0.15) is 10.4 Å². The summed E-state index contributed by atoms with van der Waals surface area (Å²) in [5, 5.41) is 19.5. The Kier molecular flexibility index (Phi) is 4.70. The molecule has 1 aliphatic heterocycles. The Morgan fingerprint density at radius 1 is 1.12 bits per heavy atom. The minimum atomic E-state index is 0.645. The lowest BCUT2D eigenvalue weighted by Crippen LogP contribution is -2.14. The molecule has 6 rings (SSSR count). The fourth-order valence-electron chi connectivity index (χ4n) is 4.98. The Balaban J connectivity index is 1.54. The predicted octanol–water partition coefficient (Wildman–Crippen LogP) is 4.74. The molecule has 5 aromatic rings. The number of pyridine rings is 1. The van der Waals surface area contributed by atoms with Crippen LogP contribution in [0.2, 0.25) is 0 Å². The zero-order chi connectivity index (χ0) is 22.4. The van der Waals surface area contributed by atoms with Gasteiger partial charge in [0.05, 0.1) is 34.6 Å². The lowest BCUT2D eigenvalue weighted by Gasteiger charge is -2.14. The Morgan fingerprint density at radius 2 is 1.97 bits per heavy atom. The molecular formula is C27H24N6. The van der Waals surface area contributed by atoms with Gasteiger partial charge in [-0.25, -0.2) is 0 Å². The van der Waals surface area contributed by atoms with Crippen LogP contribution in [-0.2, 0) is 13.6 Å². The van der Waals surface area contributed by atoms with Crippen molar-refractivity contribution in [3.63, 3.8) is 0 Å². The third-order valence-corrected chi connectivity index (χ3v) is 6.64. The molecule has 4 heterocycles. The van der Waals surface area contributed by atoms with E-state index in [1.807, 2.05) is 48.4 Å². The highest BCUT2D eigenvalue weighted by Gasteiger charge is 2.19. The SMILES string of the molecule is Cn1cc2cc(-c3ncc4c(ccn4CC4CCNC4)c3-c3ccc(C#N)cc3)ccc2n1. The first kappa shape index (κ1) is 19.7. The minimum Gasteiger partial charge on any atom is -0.346 e. The second-order valence-corrected chi connectivity index (χ2v) is 8.87. The van der Waals surface area contributed by atoms with Crippen LogP contribution in [0.1, 0.15) is 12.0 Å². The number of benzene rings is 2. The molecule has 0 amide bonds. The van der Waals surface area contributed by atoms with Gasteiger partial charge < -0.3 is 9.88 Å². The Labute approximate surface area is 192 Å². The summed E-state index contributed by atoms with van der Waals surface area (Å²) in [6.45, 7) is 3.16. The van der Waals surface area contributed by atoms with E-state index in [0.29, 0.717) is 11.5 Å². The van der Waals surface area contributed by atoms with E-state index in [0.717, 1.165) is 58.4 Å². The summed E-state index contributed by atoms with van der Waals surface area (Å²) in [6.07, 6.45) is 7.43. The van der Waals surface area contributed by atoms with Crippen LogP contribution >= 0.6 is 0 Å². The van der Waals surface area contributed by atoms with Gasteiger partial charge in [0.1, 0.15) is 0 Å². The summed E-state index contributed by atoms with van der Waals surface area (Å²) in [4.78, 5) is 4.99. The molecule has 33 heavy (non-hydrogen) atoms. The largest absolute Gasteiger partial charge is 0.346 e. The van der Waals surface area contributed by atoms with Crippen LogP contribution in [0, 0.1) is 17.2 Å². The van der Waals surface area contributed by atoms with Gasteiger partial charge in [-0.15, -0.1) is 0 Å². The van der Waals surface area contributed by atoms with E-state index in [1.165, 1.54) is 11.8 Å². The number of aryl methyl sites for hydroxylation is 1. The van der Waals surface area contributed by atoms with E-state index in [2.05, 4.69) is 51.5 Å². The van der Waals surface area contributed by atoms with Crippen molar-refractivity contribution >= 4 is 21.8 Å². The third kappa shape index (κ3) is 3.47. The summed E-state index contributed by atoms with van der Waals surface area (Å²) in [5.74, 6) is 0.645. The molecule has 1 aliphatic rings. The summed E-state index contributed by atoms with van der Waals surface area (Å²) < 4.78 is 4.17. The van der Waals surface area contributed by atoms with E-state index in [1.54, 1.807) is 0 Å². The van der Waals surface area contributed by atoms with E-state index in [-0.39, 0.29) is 0 Å². The normalized spacial score (nSPS) is 15.9. The van der Waals surface area contributed by atoms with Gasteiger partial charge in [0.25, 0.3) is 0 Å². The van der Waals surface area contributed by atoms with Crippen LogP contribution in [0.3, 0.4) is 0 Å². The number of hydrogen-bond acceptors (Lipinski definition) is 4. The first-order valence-corrected chi connectivity index (χ1v) is 11.3. The summed E-state index contributed by atoms with van der Waals surface area (Å²) in [5.41, 5.74) is 6.94. The van der Waals surface area contributed by atoms with Crippen molar-refractivity contribution in [1.82, 2.24) is 24.6 Å². The number of nitriles is 1. The lowest BCUT2D eigenvalue weighted by molar-refractivity contribution is 0.491. The van der Waals surface area contributed by atoms with Gasteiger partial charge >= 0.3 is 0 Å². The summed E-state index contributed by atoms with van der Waals surface area (Å²) >= 11 is 0. The van der Waals surface area contributed by atoms with Crippen LogP contribution in [0.4, 0.5) is 0 Å². The first-order chi connectivity index (χ1) is 16.2. The van der Waals surface area contributed by atoms with E-state index in [4.69, 9.17) is 4.98 Å². The Morgan fingerprint density at radius 3 is 2.76 bits per heavy atom. The number of rotatable bonds is 4. The smallest absolute Gasteiger partial charge is 0.0991 e. The van der Waals surface area contributed by atoms with Crippen molar-refractivity contribution in [3.8, 4) is 28.5 Å². The minimum absolute atomic E-state index is 0.645. The third-order valence-electron chi connectivity index (χ3n) is 6.64. The summed E-state index contributed by atoms with van der Waals surface area (Å²) in [7, 11) is 1.94. The lowest BCUT2D eigenvalue weighted by atomic mass is 9.95. The molecule has 162 valence electrons. The average Bonchev–Trinajstić information content (AvgIpc) is 3.58. The molecule has 3 aromatic heterocycles. The zero-order valence-corrected chi connectivity index (χ0v) is 18.5. The molecule has 0 saturated carbocycles. The van der Waals surface area contributed by atoms with E-state index in [9.17, 15) is 5.26 Å². The molecule has 2 aromatic carbocycles. The number of aromatic nitrogens is 4. The van der Waals surface area contributed by atoms with Crippen LogP contribution in [0.5, 0.6) is 0 Å². The van der Waals surface area contributed by atoms with Crippen molar-refractivity contribution in [2.45, 2.75) is 13.0 Å². The van der Waals surface area contributed by atoms with Crippen molar-refractivity contribution in [3.05, 3.63) is 72.7 Å². The molecule has 1 atom stereocenters. The highest BCUT2D eigenvalue weighted by molar-refractivity contribution is 6.02. The molecule has 0 radical (unpaired) electrons. The Hall–Kier alpha value is -3.95. The second-order valence-electron chi connectivity index (χ2n) is 8.87. The fourth-order valence-corrected chi connectivity index (χ4v) is 4.98. The van der Waals surface area contributed by atoms with E-state index < -0.39 is 0 Å². The number of nitrogens with one attached hydrogen (secondary N) is 1. The van der Waals surface area contributed by atoms with Crippen LogP contribution in [0.25, 0.3) is 44.2 Å².